The van der Waals surface area contributed by atoms with Crippen LogP contribution in [-0.4, -0.2) is 86.7 Å². The number of rotatable bonds is 12. The number of hydrogen-bond donors (Lipinski definition) is 3. The molecule has 3 unspecified atom stereocenters. The molecule has 10 nitrogen and oxygen atoms in total. The van der Waals surface area contributed by atoms with Gasteiger partial charge in [0, 0.05) is 12.7 Å². The van der Waals surface area contributed by atoms with E-state index >= 15 is 0 Å². The fourth-order valence-corrected chi connectivity index (χ4v) is 2.19. The molecule has 0 aromatic carbocycles. The van der Waals surface area contributed by atoms with Gasteiger partial charge < -0.3 is 24.6 Å². The van der Waals surface area contributed by atoms with Crippen LogP contribution in [0.4, 0.5) is 0 Å². The van der Waals surface area contributed by atoms with Gasteiger partial charge in [0.2, 0.25) is 0 Å². The number of phosphoric ester groups is 1. The van der Waals surface area contributed by atoms with Gasteiger partial charge in [-0.05, 0) is 0 Å². The number of likely N-dealkylation sites (N-methyl/N-ethyl adjacent to an activating group) is 1. The van der Waals surface area contributed by atoms with Gasteiger partial charge in [-0.1, -0.05) is 0 Å². The van der Waals surface area contributed by atoms with Crippen LogP contribution < -0.4 is 5.73 Å². The van der Waals surface area contributed by atoms with Crippen molar-refractivity contribution in [2.45, 2.75) is 19.1 Å². The molecule has 3 N–H and O–H groups in total. The standard InChI is InChI=1S/C13H27N2O8PS/c1-10(16)20-7-11(23-13(17)12(14)9-25)8-22-24(18,19)21-6-5-15(2,3)4/h11-12H,5-9,14H2,1-4H3,(H-,18,19,25)/p+1. The highest BCUT2D eigenvalue weighted by Crippen LogP contribution is 2.43. The molecule has 0 heterocycles. The molecule has 3 atom stereocenters. The number of hydrogen-bond acceptors (Lipinski definition) is 9. The smallest absolute Gasteiger partial charge is 0.462 e. The highest BCUT2D eigenvalue weighted by molar-refractivity contribution is 7.80. The van der Waals surface area contributed by atoms with E-state index in [2.05, 4.69) is 12.6 Å². The lowest BCUT2D eigenvalue weighted by Gasteiger charge is -2.24. The quantitative estimate of drug-likeness (QED) is 0.171. The van der Waals surface area contributed by atoms with Crippen LogP contribution in [0.1, 0.15) is 6.92 Å². The molecule has 0 fully saturated rings. The summed E-state index contributed by atoms with van der Waals surface area (Å²) >= 11 is 3.87. The highest BCUT2D eigenvalue weighted by atomic mass is 32.1. The first kappa shape index (κ1) is 24.3. The van der Waals surface area contributed by atoms with Crippen molar-refractivity contribution in [1.29, 1.82) is 0 Å². The van der Waals surface area contributed by atoms with Gasteiger partial charge in [-0.25, -0.2) is 4.57 Å². The van der Waals surface area contributed by atoms with E-state index < -0.39 is 38.5 Å². The summed E-state index contributed by atoms with van der Waals surface area (Å²) in [5.74, 6) is -1.35. The summed E-state index contributed by atoms with van der Waals surface area (Å²) in [5, 5.41) is 0. The predicted molar refractivity (Wildman–Crippen MR) is 93.0 cm³/mol. The first-order valence-electron chi connectivity index (χ1n) is 7.49. The molecule has 0 spiro atoms. The van der Waals surface area contributed by atoms with Crippen LogP contribution in [0.3, 0.4) is 0 Å². The van der Waals surface area contributed by atoms with E-state index in [9.17, 15) is 19.0 Å². The topological polar surface area (TPSA) is 134 Å². The second kappa shape index (κ2) is 11.1. The molecule has 25 heavy (non-hydrogen) atoms. The Kier molecular flexibility index (Phi) is 10.8. The molecule has 0 aromatic rings. The van der Waals surface area contributed by atoms with Gasteiger partial charge in [-0.3, -0.25) is 18.6 Å². The van der Waals surface area contributed by atoms with Crippen molar-refractivity contribution >= 4 is 32.4 Å². The Morgan fingerprint density at radius 1 is 1.24 bits per heavy atom. The average molecular weight is 403 g/mol. The Bertz CT molecular complexity index is 485. The molecule has 0 rings (SSSR count). The third kappa shape index (κ3) is 13.2. The van der Waals surface area contributed by atoms with E-state index in [0.29, 0.717) is 11.0 Å². The summed E-state index contributed by atoms with van der Waals surface area (Å²) < 4.78 is 31.8. The molecule has 0 radical (unpaired) electrons. The number of quaternary nitrogens is 1. The van der Waals surface area contributed by atoms with Gasteiger partial charge in [0.1, 0.15) is 25.8 Å². The minimum Gasteiger partial charge on any atom is -0.462 e. The summed E-state index contributed by atoms with van der Waals surface area (Å²) in [6, 6.07) is -0.982. The van der Waals surface area contributed by atoms with E-state index in [1.807, 2.05) is 21.1 Å². The number of nitrogens with two attached hydrogens (primary N) is 1. The summed E-state index contributed by atoms with van der Waals surface area (Å²) in [4.78, 5) is 32.2. The van der Waals surface area contributed by atoms with Crippen molar-refractivity contribution in [3.63, 3.8) is 0 Å². The number of phosphoric acid groups is 1. The van der Waals surface area contributed by atoms with Crippen LogP contribution in [0, 0.1) is 0 Å². The first-order chi connectivity index (χ1) is 11.4. The number of thiol groups is 1. The van der Waals surface area contributed by atoms with Crippen molar-refractivity contribution < 1.29 is 42.1 Å². The zero-order chi connectivity index (χ0) is 19.7. The van der Waals surface area contributed by atoms with Crippen molar-refractivity contribution in [2.24, 2.45) is 5.73 Å². The summed E-state index contributed by atoms with van der Waals surface area (Å²) in [7, 11) is 1.34. The molecule has 12 heteroatoms. The lowest BCUT2D eigenvalue weighted by atomic mass is 10.3. The maximum absolute atomic E-state index is 11.8. The molecule has 0 aliphatic heterocycles. The zero-order valence-electron chi connectivity index (χ0n) is 14.9. The predicted octanol–water partition coefficient (Wildman–Crippen LogP) is -0.442. The van der Waals surface area contributed by atoms with Gasteiger partial charge in [-0.15, -0.1) is 0 Å². The van der Waals surface area contributed by atoms with Crippen molar-refractivity contribution in [1.82, 2.24) is 0 Å². The average Bonchev–Trinajstić information content (AvgIpc) is 2.47. The van der Waals surface area contributed by atoms with Gasteiger partial charge in [-0.2, -0.15) is 12.6 Å². The highest BCUT2D eigenvalue weighted by Gasteiger charge is 2.27. The molecule has 0 amide bonds. The second-order valence-corrected chi connectivity index (χ2v) is 8.08. The number of esters is 2. The van der Waals surface area contributed by atoms with Crippen LogP contribution in [0.2, 0.25) is 0 Å². The van der Waals surface area contributed by atoms with Crippen molar-refractivity contribution in [3.8, 4) is 0 Å². The van der Waals surface area contributed by atoms with E-state index in [1.54, 1.807) is 0 Å². The molecule has 0 aliphatic carbocycles. The maximum Gasteiger partial charge on any atom is 0.472 e. The Balaban J connectivity index is 4.58. The Labute approximate surface area is 153 Å². The third-order valence-electron chi connectivity index (χ3n) is 2.69. The number of ether oxygens (including phenoxy) is 2. The summed E-state index contributed by atoms with van der Waals surface area (Å²) in [5.41, 5.74) is 5.48. The summed E-state index contributed by atoms with van der Waals surface area (Å²) in [6.45, 7) is 0.798. The number of carbonyl (C=O) groups excluding carboxylic acids is 2. The normalized spacial score (nSPS) is 16.6. The minimum absolute atomic E-state index is 0.00376. The number of nitrogens with zero attached hydrogens (tertiary/aromatic N) is 1. The maximum atomic E-state index is 11.8. The molecular formula is C13H28N2O8PS+. The van der Waals surface area contributed by atoms with E-state index in [1.165, 1.54) is 6.92 Å². The fraction of sp³-hybridized carbons (Fsp3) is 0.846. The van der Waals surface area contributed by atoms with Crippen LogP contribution in [0.15, 0.2) is 0 Å². The Morgan fingerprint density at radius 2 is 1.84 bits per heavy atom. The molecule has 0 aliphatic rings. The molecule has 0 aromatic heterocycles. The van der Waals surface area contributed by atoms with E-state index in [-0.39, 0.29) is 19.0 Å². The van der Waals surface area contributed by atoms with Crippen LogP contribution >= 0.6 is 20.5 Å². The van der Waals surface area contributed by atoms with Crippen molar-refractivity contribution in [2.75, 3.05) is 53.3 Å². The molecule has 148 valence electrons. The van der Waals surface area contributed by atoms with Crippen LogP contribution in [0.25, 0.3) is 0 Å². The fourth-order valence-electron chi connectivity index (χ4n) is 1.30. The van der Waals surface area contributed by atoms with E-state index in [4.69, 9.17) is 24.3 Å². The van der Waals surface area contributed by atoms with E-state index in [0.717, 1.165) is 0 Å². The number of carbonyl (C=O) groups is 2. The van der Waals surface area contributed by atoms with Gasteiger partial charge in [0.05, 0.1) is 27.7 Å². The second-order valence-electron chi connectivity index (χ2n) is 6.26. The SMILES string of the molecule is CC(=O)OCC(COP(=O)(O)OCC[N+](C)(C)C)OC(=O)C(N)CS. The zero-order valence-corrected chi connectivity index (χ0v) is 16.7. The van der Waals surface area contributed by atoms with Gasteiger partial charge >= 0.3 is 19.8 Å². The molecule has 0 bridgehead atoms. The molecule has 0 saturated carbocycles. The van der Waals surface area contributed by atoms with Crippen LogP contribution in [0.5, 0.6) is 0 Å². The Morgan fingerprint density at radius 3 is 2.32 bits per heavy atom. The van der Waals surface area contributed by atoms with Crippen LogP contribution in [-0.2, 0) is 32.7 Å². The molecular weight excluding hydrogens is 375 g/mol. The molecule has 0 saturated heterocycles. The lowest BCUT2D eigenvalue weighted by Crippen LogP contribution is -2.39. The third-order valence-corrected chi connectivity index (χ3v) is 4.07. The summed E-state index contributed by atoms with van der Waals surface area (Å²) in [6.07, 6.45) is -1.11. The van der Waals surface area contributed by atoms with Gasteiger partial charge in [0.25, 0.3) is 0 Å². The Hall–Kier alpha value is -0.680. The first-order valence-corrected chi connectivity index (χ1v) is 9.61. The monoisotopic (exact) mass is 403 g/mol. The minimum atomic E-state index is -4.34. The lowest BCUT2D eigenvalue weighted by molar-refractivity contribution is -0.870. The van der Waals surface area contributed by atoms with Gasteiger partial charge in [0.15, 0.2) is 6.10 Å². The van der Waals surface area contributed by atoms with Crippen molar-refractivity contribution in [3.05, 3.63) is 0 Å². The largest absolute Gasteiger partial charge is 0.472 e.